The number of aliphatic carboxylic acids is 1. The second-order valence-electron chi connectivity index (χ2n) is 9.73. The van der Waals surface area contributed by atoms with Crippen molar-refractivity contribution in [1.29, 1.82) is 0 Å². The van der Waals surface area contributed by atoms with Crippen molar-refractivity contribution < 1.29 is 29.4 Å². The van der Waals surface area contributed by atoms with Gasteiger partial charge in [-0.3, -0.25) is 14.4 Å². The smallest absolute Gasteiger partial charge is 0.326 e. The van der Waals surface area contributed by atoms with Crippen LogP contribution in [0, 0.1) is 5.92 Å². The highest BCUT2D eigenvalue weighted by atomic mass is 16.4. The highest BCUT2D eigenvalue weighted by Crippen LogP contribution is 2.12. The van der Waals surface area contributed by atoms with Gasteiger partial charge in [0.15, 0.2) is 0 Å². The highest BCUT2D eigenvalue weighted by Gasteiger charge is 2.32. The normalized spacial score (nSPS) is 14.1. The van der Waals surface area contributed by atoms with Crippen LogP contribution in [0.3, 0.4) is 0 Å². The maximum Gasteiger partial charge on any atom is 0.326 e. The van der Waals surface area contributed by atoms with Crippen molar-refractivity contribution in [3.8, 4) is 5.75 Å². The molecule has 4 atom stereocenters. The van der Waals surface area contributed by atoms with Gasteiger partial charge in [-0.1, -0.05) is 26.0 Å². The number of carbonyl (C=O) groups is 4. The number of hydrogen-bond donors (Lipinski definition) is 8. The quantitative estimate of drug-likeness (QED) is 0.127. The molecule has 3 amide bonds. The highest BCUT2D eigenvalue weighted by molar-refractivity contribution is 5.94. The minimum atomic E-state index is -1.31. The van der Waals surface area contributed by atoms with E-state index in [2.05, 4.69) is 35.9 Å². The van der Waals surface area contributed by atoms with E-state index >= 15 is 0 Å². The fourth-order valence-electron chi connectivity index (χ4n) is 3.95. The molecule has 3 aromatic rings. The standard InChI is InChI=1S/C26H34N8O6/c1-14(2)22(34-23(36)19(27)8-16-10-28-12-30-16)25(38)32-20(9-17-11-29-13-31-17)24(37)33-21(26(39)40)7-15-3-5-18(35)6-4-15/h3-6,10-14,19-22,35H,7-9,27H2,1-2H3,(H,28,30)(H,29,31)(H,32,38)(H,33,37)(H,34,36)(H,39,40). The average Bonchev–Trinajstić information content (AvgIpc) is 3.61. The van der Waals surface area contributed by atoms with Crippen LogP contribution in [0.5, 0.6) is 5.75 Å². The number of nitrogens with one attached hydrogen (secondary N) is 5. The van der Waals surface area contributed by atoms with Gasteiger partial charge in [-0.2, -0.15) is 0 Å². The number of hydrogen-bond acceptors (Lipinski definition) is 8. The molecule has 1 aromatic carbocycles. The molecule has 4 unspecified atom stereocenters. The van der Waals surface area contributed by atoms with Crippen molar-refractivity contribution in [2.45, 2.75) is 57.3 Å². The SMILES string of the molecule is CC(C)C(NC(=O)C(N)Cc1cnc[nH]1)C(=O)NC(Cc1cnc[nH]1)C(=O)NC(Cc1ccc(O)cc1)C(=O)O. The average molecular weight is 555 g/mol. The van der Waals surface area contributed by atoms with Gasteiger partial charge in [0.05, 0.1) is 18.7 Å². The number of nitrogens with zero attached hydrogens (tertiary/aromatic N) is 2. The summed E-state index contributed by atoms with van der Waals surface area (Å²) >= 11 is 0. The summed E-state index contributed by atoms with van der Waals surface area (Å²) in [5.74, 6) is -3.54. The number of carboxylic acids is 1. The summed E-state index contributed by atoms with van der Waals surface area (Å²) in [6, 6.07) is 1.46. The number of aromatic hydroxyl groups is 1. The fraction of sp³-hybridized carbons (Fsp3) is 0.385. The van der Waals surface area contributed by atoms with Crippen molar-refractivity contribution in [2.24, 2.45) is 11.7 Å². The molecule has 0 aliphatic heterocycles. The fourth-order valence-corrected chi connectivity index (χ4v) is 3.95. The number of carbonyl (C=O) groups excluding carboxylic acids is 3. The van der Waals surface area contributed by atoms with Gasteiger partial charge in [-0.25, -0.2) is 14.8 Å². The molecule has 0 saturated carbocycles. The van der Waals surface area contributed by atoms with Gasteiger partial charge in [0.25, 0.3) is 0 Å². The topological polar surface area (TPSA) is 228 Å². The van der Waals surface area contributed by atoms with E-state index in [9.17, 15) is 29.4 Å². The third-order valence-electron chi connectivity index (χ3n) is 6.18. The molecule has 14 heteroatoms. The Balaban J connectivity index is 1.72. The molecule has 214 valence electrons. The van der Waals surface area contributed by atoms with E-state index in [4.69, 9.17) is 5.73 Å². The summed E-state index contributed by atoms with van der Waals surface area (Å²) in [5, 5.41) is 27.0. The number of aromatic nitrogens is 4. The van der Waals surface area contributed by atoms with Crippen LogP contribution in [0.15, 0.2) is 49.3 Å². The number of phenols is 1. The van der Waals surface area contributed by atoms with E-state index in [1.807, 2.05) is 0 Å². The second kappa shape index (κ2) is 13.9. The first-order chi connectivity index (χ1) is 19.0. The molecule has 0 aliphatic carbocycles. The van der Waals surface area contributed by atoms with Crippen molar-refractivity contribution in [3.63, 3.8) is 0 Å². The predicted molar refractivity (Wildman–Crippen MR) is 143 cm³/mol. The zero-order valence-corrected chi connectivity index (χ0v) is 22.1. The molecule has 2 heterocycles. The lowest BCUT2D eigenvalue weighted by Crippen LogP contribution is -2.59. The summed E-state index contributed by atoms with van der Waals surface area (Å²) in [5.41, 5.74) is 7.78. The summed E-state index contributed by atoms with van der Waals surface area (Å²) < 4.78 is 0. The lowest BCUT2D eigenvalue weighted by Gasteiger charge is -2.27. The number of H-pyrrole nitrogens is 2. The Morgan fingerprint density at radius 3 is 1.93 bits per heavy atom. The van der Waals surface area contributed by atoms with E-state index in [-0.39, 0.29) is 30.9 Å². The molecule has 0 radical (unpaired) electrons. The van der Waals surface area contributed by atoms with E-state index in [1.165, 1.54) is 31.0 Å². The molecule has 0 spiro atoms. The molecule has 40 heavy (non-hydrogen) atoms. The van der Waals surface area contributed by atoms with E-state index in [1.54, 1.807) is 32.2 Å². The molecule has 3 rings (SSSR count). The Kier molecular flexibility index (Phi) is 10.4. The van der Waals surface area contributed by atoms with Crippen LogP contribution < -0.4 is 21.7 Å². The number of carboxylic acid groups (broad SMARTS) is 1. The van der Waals surface area contributed by atoms with Crippen molar-refractivity contribution >= 4 is 23.7 Å². The summed E-state index contributed by atoms with van der Waals surface area (Å²) in [4.78, 5) is 64.8. The van der Waals surface area contributed by atoms with Crippen molar-refractivity contribution in [3.05, 3.63) is 66.3 Å². The lowest BCUT2D eigenvalue weighted by atomic mass is 10.0. The van der Waals surface area contributed by atoms with Crippen LogP contribution in [0.4, 0.5) is 0 Å². The third-order valence-corrected chi connectivity index (χ3v) is 6.18. The minimum absolute atomic E-state index is 0.0127. The molecule has 0 aliphatic rings. The van der Waals surface area contributed by atoms with Crippen molar-refractivity contribution in [1.82, 2.24) is 35.9 Å². The number of phenolic OH excluding ortho intramolecular Hbond substituents is 1. The maximum atomic E-state index is 13.3. The zero-order chi connectivity index (χ0) is 29.2. The Hall–Kier alpha value is -4.72. The molecule has 9 N–H and O–H groups in total. The van der Waals surface area contributed by atoms with Crippen molar-refractivity contribution in [2.75, 3.05) is 0 Å². The number of aromatic amines is 2. The molecular formula is C26H34N8O6. The predicted octanol–water partition coefficient (Wildman–Crippen LogP) is -0.611. The van der Waals surface area contributed by atoms with Gasteiger partial charge in [-0.15, -0.1) is 0 Å². The number of benzene rings is 1. The first-order valence-electron chi connectivity index (χ1n) is 12.7. The van der Waals surface area contributed by atoms with Gasteiger partial charge in [0.1, 0.15) is 23.9 Å². The molecule has 14 nitrogen and oxygen atoms in total. The van der Waals surface area contributed by atoms with Crippen LogP contribution in [-0.4, -0.2) is 78.0 Å². The molecule has 0 saturated heterocycles. The molecule has 0 bridgehead atoms. The largest absolute Gasteiger partial charge is 0.508 e. The Bertz CT molecular complexity index is 1260. The van der Waals surface area contributed by atoms with Crippen LogP contribution in [-0.2, 0) is 38.4 Å². The second-order valence-corrected chi connectivity index (χ2v) is 9.73. The van der Waals surface area contributed by atoms with Crippen LogP contribution in [0.1, 0.15) is 30.8 Å². The summed E-state index contributed by atoms with van der Waals surface area (Å²) in [7, 11) is 0. The third kappa shape index (κ3) is 8.66. The van der Waals surface area contributed by atoms with E-state index in [0.717, 1.165) is 0 Å². The Labute approximate surface area is 230 Å². The molecular weight excluding hydrogens is 520 g/mol. The monoisotopic (exact) mass is 554 g/mol. The Morgan fingerprint density at radius 1 is 0.825 bits per heavy atom. The molecule has 0 fully saturated rings. The number of nitrogens with two attached hydrogens (primary N) is 1. The van der Waals surface area contributed by atoms with Crippen LogP contribution >= 0.6 is 0 Å². The zero-order valence-electron chi connectivity index (χ0n) is 22.1. The summed E-state index contributed by atoms with van der Waals surface area (Å²) in [6.45, 7) is 3.46. The number of amides is 3. The molecule has 2 aromatic heterocycles. The number of imidazole rings is 2. The van der Waals surface area contributed by atoms with E-state index < -0.39 is 47.9 Å². The van der Waals surface area contributed by atoms with Gasteiger partial charge in [0.2, 0.25) is 17.7 Å². The number of rotatable bonds is 14. The van der Waals surface area contributed by atoms with Crippen LogP contribution in [0.2, 0.25) is 0 Å². The minimum Gasteiger partial charge on any atom is -0.508 e. The summed E-state index contributed by atoms with van der Waals surface area (Å²) in [6.07, 6.45) is 6.02. The maximum absolute atomic E-state index is 13.3. The Morgan fingerprint density at radius 2 is 1.40 bits per heavy atom. The van der Waals surface area contributed by atoms with Gasteiger partial charge >= 0.3 is 5.97 Å². The van der Waals surface area contributed by atoms with Crippen LogP contribution in [0.25, 0.3) is 0 Å². The van der Waals surface area contributed by atoms with Gasteiger partial charge in [-0.05, 0) is 23.6 Å². The first kappa shape index (κ1) is 29.8. The van der Waals surface area contributed by atoms with E-state index in [0.29, 0.717) is 17.0 Å². The first-order valence-corrected chi connectivity index (χ1v) is 12.7. The lowest BCUT2D eigenvalue weighted by molar-refractivity contribution is -0.142. The van der Waals surface area contributed by atoms with Gasteiger partial charge in [0, 0.05) is 43.0 Å². The van der Waals surface area contributed by atoms with Gasteiger partial charge < -0.3 is 41.9 Å².